The second-order valence-corrected chi connectivity index (χ2v) is 5.81. The van der Waals surface area contributed by atoms with Crippen LogP contribution in [0.1, 0.15) is 30.7 Å². The summed E-state index contributed by atoms with van der Waals surface area (Å²) in [6.45, 7) is 6.79. The Morgan fingerprint density at radius 3 is 2.71 bits per heavy atom. The lowest BCUT2D eigenvalue weighted by Crippen LogP contribution is -2.38. The third kappa shape index (κ3) is 6.30. The van der Waals surface area contributed by atoms with Crippen molar-refractivity contribution in [2.24, 2.45) is 0 Å². The van der Waals surface area contributed by atoms with Crippen LogP contribution in [-0.4, -0.2) is 54.1 Å². The molecule has 0 bridgehead atoms. The summed E-state index contributed by atoms with van der Waals surface area (Å²) < 4.78 is 0. The molecule has 21 heavy (non-hydrogen) atoms. The summed E-state index contributed by atoms with van der Waals surface area (Å²) in [4.78, 5) is 17.1. The zero-order valence-corrected chi connectivity index (χ0v) is 13.9. The molecular formula is C16H24N2O2S. The fraction of sp³-hybridized carbons (Fsp3) is 0.562. The van der Waals surface area contributed by atoms with Crippen molar-refractivity contribution in [1.82, 2.24) is 9.80 Å². The van der Waals surface area contributed by atoms with Crippen molar-refractivity contribution in [3.8, 4) is 11.8 Å². The van der Waals surface area contributed by atoms with Crippen LogP contribution in [0, 0.1) is 11.8 Å². The predicted molar refractivity (Wildman–Crippen MR) is 87.2 cm³/mol. The van der Waals surface area contributed by atoms with E-state index in [0.29, 0.717) is 13.0 Å². The molecule has 0 saturated carbocycles. The van der Waals surface area contributed by atoms with Crippen molar-refractivity contribution in [1.29, 1.82) is 0 Å². The van der Waals surface area contributed by atoms with Gasteiger partial charge in [-0.2, -0.15) is 0 Å². The largest absolute Gasteiger partial charge is 0.395 e. The number of carbonyl (C=O) groups is 1. The molecule has 4 nitrogen and oxygen atoms in total. The number of thiophene rings is 1. The van der Waals surface area contributed by atoms with Crippen molar-refractivity contribution in [3.63, 3.8) is 0 Å². The number of aliphatic hydroxyl groups excluding tert-OH is 1. The van der Waals surface area contributed by atoms with Crippen LogP contribution in [0.5, 0.6) is 0 Å². The highest BCUT2D eigenvalue weighted by molar-refractivity contribution is 7.10. The molecule has 0 aromatic carbocycles. The van der Waals surface area contributed by atoms with E-state index < -0.39 is 0 Å². The van der Waals surface area contributed by atoms with E-state index in [1.807, 2.05) is 42.1 Å². The van der Waals surface area contributed by atoms with Gasteiger partial charge in [0.25, 0.3) is 0 Å². The molecule has 1 rings (SSSR count). The molecule has 0 saturated heterocycles. The van der Waals surface area contributed by atoms with Gasteiger partial charge in [-0.05, 0) is 27.0 Å². The topological polar surface area (TPSA) is 43.8 Å². The Labute approximate surface area is 131 Å². The molecule has 0 atom stereocenters. The average molecular weight is 308 g/mol. The lowest BCUT2D eigenvalue weighted by molar-refractivity contribution is -0.131. The van der Waals surface area contributed by atoms with Crippen LogP contribution in [0.25, 0.3) is 0 Å². The van der Waals surface area contributed by atoms with E-state index in [-0.39, 0.29) is 12.5 Å². The lowest BCUT2D eigenvalue weighted by Gasteiger charge is -2.22. The van der Waals surface area contributed by atoms with Crippen molar-refractivity contribution >= 4 is 17.2 Å². The second-order valence-electron chi connectivity index (χ2n) is 4.82. The summed E-state index contributed by atoms with van der Waals surface area (Å²) in [6.07, 6.45) is 0.503. The van der Waals surface area contributed by atoms with Crippen molar-refractivity contribution < 1.29 is 9.90 Å². The van der Waals surface area contributed by atoms with Crippen molar-refractivity contribution in [3.05, 3.63) is 21.9 Å². The smallest absolute Gasteiger partial charge is 0.236 e. The number of likely N-dealkylation sites (N-methyl/N-ethyl adjacent to an activating group) is 2. The van der Waals surface area contributed by atoms with Crippen LogP contribution in [0.15, 0.2) is 11.4 Å². The van der Waals surface area contributed by atoms with E-state index in [2.05, 4.69) is 11.8 Å². The molecule has 0 unspecified atom stereocenters. The highest BCUT2D eigenvalue weighted by Crippen LogP contribution is 2.15. The maximum absolute atomic E-state index is 12.0. The number of aliphatic hydroxyl groups is 1. The second kappa shape index (κ2) is 9.56. The minimum Gasteiger partial charge on any atom is -0.395 e. The van der Waals surface area contributed by atoms with Gasteiger partial charge in [0.1, 0.15) is 0 Å². The Morgan fingerprint density at radius 2 is 2.10 bits per heavy atom. The van der Waals surface area contributed by atoms with Gasteiger partial charge in [0.2, 0.25) is 5.91 Å². The van der Waals surface area contributed by atoms with E-state index in [9.17, 15) is 4.79 Å². The Bertz CT molecular complexity index is 498. The molecule has 5 heteroatoms. The number of hydrogen-bond acceptors (Lipinski definition) is 4. The first-order valence-corrected chi connectivity index (χ1v) is 8.12. The zero-order valence-electron chi connectivity index (χ0n) is 13.1. The SMILES string of the molecule is CCN(CC)C(=O)CN(C)Cc1cc(C#CCCO)cs1. The Hall–Kier alpha value is -1.35. The molecule has 1 heterocycles. The van der Waals surface area contributed by atoms with Crippen LogP contribution >= 0.6 is 11.3 Å². The molecule has 1 aromatic heterocycles. The lowest BCUT2D eigenvalue weighted by atomic mass is 10.3. The third-order valence-electron chi connectivity index (χ3n) is 3.07. The summed E-state index contributed by atoms with van der Waals surface area (Å²) in [7, 11) is 1.96. The molecule has 1 N–H and O–H groups in total. The van der Waals surface area contributed by atoms with E-state index in [0.717, 1.165) is 25.2 Å². The minimum atomic E-state index is 0.0974. The highest BCUT2D eigenvalue weighted by atomic mass is 32.1. The van der Waals surface area contributed by atoms with Gasteiger partial charge in [0.05, 0.1) is 13.2 Å². The fourth-order valence-electron chi connectivity index (χ4n) is 1.98. The molecule has 1 aromatic rings. The van der Waals surface area contributed by atoms with Gasteiger partial charge < -0.3 is 10.0 Å². The number of hydrogen-bond donors (Lipinski definition) is 1. The zero-order chi connectivity index (χ0) is 15.7. The molecule has 0 aliphatic heterocycles. The van der Waals surface area contributed by atoms with E-state index in [4.69, 9.17) is 5.11 Å². The quantitative estimate of drug-likeness (QED) is 0.781. The van der Waals surface area contributed by atoms with Gasteiger partial charge >= 0.3 is 0 Å². The Morgan fingerprint density at radius 1 is 1.38 bits per heavy atom. The van der Waals surface area contributed by atoms with Crippen LogP contribution in [-0.2, 0) is 11.3 Å². The third-order valence-corrected chi connectivity index (χ3v) is 3.99. The summed E-state index contributed by atoms with van der Waals surface area (Å²) in [5.41, 5.74) is 0.979. The molecule has 0 spiro atoms. The van der Waals surface area contributed by atoms with E-state index >= 15 is 0 Å². The first-order valence-electron chi connectivity index (χ1n) is 7.24. The summed E-state index contributed by atoms with van der Waals surface area (Å²) in [6, 6.07) is 2.05. The molecule has 0 radical (unpaired) electrons. The standard InChI is InChI=1S/C16H24N2O2S/c1-4-18(5-2)16(20)12-17(3)11-15-10-14(13-21-15)8-6-7-9-19/h10,13,19H,4-5,7,9,11-12H2,1-3H3. The molecule has 0 aliphatic carbocycles. The predicted octanol–water partition coefficient (Wildman–Crippen LogP) is 1.78. The molecule has 0 aliphatic rings. The molecule has 0 fully saturated rings. The van der Waals surface area contributed by atoms with E-state index in [1.54, 1.807) is 11.3 Å². The summed E-state index contributed by atoms with van der Waals surface area (Å²) >= 11 is 1.65. The maximum Gasteiger partial charge on any atom is 0.236 e. The first-order chi connectivity index (χ1) is 10.1. The monoisotopic (exact) mass is 308 g/mol. The number of carbonyl (C=O) groups excluding carboxylic acids is 1. The number of nitrogens with zero attached hydrogens (tertiary/aromatic N) is 2. The van der Waals surface area contributed by atoms with Crippen molar-refractivity contribution in [2.75, 3.05) is 33.3 Å². The van der Waals surface area contributed by atoms with Gasteiger partial charge in [0.15, 0.2) is 0 Å². The first kappa shape index (κ1) is 17.7. The van der Waals surface area contributed by atoms with Gasteiger partial charge in [-0.3, -0.25) is 9.69 Å². The molecule has 1 amide bonds. The fourth-order valence-corrected chi connectivity index (χ4v) is 2.87. The van der Waals surface area contributed by atoms with Crippen LogP contribution in [0.2, 0.25) is 0 Å². The summed E-state index contributed by atoms with van der Waals surface area (Å²) in [5, 5.41) is 10.7. The molecular weight excluding hydrogens is 284 g/mol. The highest BCUT2D eigenvalue weighted by Gasteiger charge is 2.13. The maximum atomic E-state index is 12.0. The van der Waals surface area contributed by atoms with Gasteiger partial charge in [-0.25, -0.2) is 0 Å². The minimum absolute atomic E-state index is 0.0974. The number of amides is 1. The van der Waals surface area contributed by atoms with Crippen molar-refractivity contribution in [2.45, 2.75) is 26.8 Å². The Kier molecular flexibility index (Phi) is 8.06. The Balaban J connectivity index is 2.50. The van der Waals surface area contributed by atoms with Gasteiger partial charge in [-0.15, -0.1) is 11.3 Å². The van der Waals surface area contributed by atoms with Crippen LogP contribution in [0.4, 0.5) is 0 Å². The van der Waals surface area contributed by atoms with E-state index in [1.165, 1.54) is 4.88 Å². The van der Waals surface area contributed by atoms with Gasteiger partial charge in [0, 0.05) is 41.9 Å². The van der Waals surface area contributed by atoms with Gasteiger partial charge in [-0.1, -0.05) is 11.8 Å². The normalized spacial score (nSPS) is 10.3. The number of rotatable bonds is 7. The van der Waals surface area contributed by atoms with Crippen LogP contribution < -0.4 is 0 Å². The summed E-state index contributed by atoms with van der Waals surface area (Å²) in [5.74, 6) is 6.10. The molecule has 116 valence electrons. The van der Waals surface area contributed by atoms with Crippen LogP contribution in [0.3, 0.4) is 0 Å². The average Bonchev–Trinajstić information content (AvgIpc) is 2.87.